The lowest BCUT2D eigenvalue weighted by molar-refractivity contribution is 0.102. The summed E-state index contributed by atoms with van der Waals surface area (Å²) >= 11 is 1.40. The summed E-state index contributed by atoms with van der Waals surface area (Å²) in [6, 6.07) is 23.1. The van der Waals surface area contributed by atoms with Crippen molar-refractivity contribution in [2.24, 2.45) is 0 Å². The van der Waals surface area contributed by atoms with Crippen molar-refractivity contribution in [3.8, 4) is 34.0 Å². The summed E-state index contributed by atoms with van der Waals surface area (Å²) < 4.78 is 10.8. The van der Waals surface area contributed by atoms with E-state index in [0.717, 1.165) is 27.7 Å². The van der Waals surface area contributed by atoms with Gasteiger partial charge in [0.15, 0.2) is 16.6 Å². The van der Waals surface area contributed by atoms with Gasteiger partial charge >= 0.3 is 0 Å². The molecule has 1 N–H and O–H groups in total. The van der Waals surface area contributed by atoms with Crippen molar-refractivity contribution in [3.05, 3.63) is 89.3 Å². The number of rotatable bonds is 6. The molecule has 0 aliphatic carbocycles. The van der Waals surface area contributed by atoms with E-state index < -0.39 is 0 Å². The van der Waals surface area contributed by atoms with Crippen LogP contribution in [0.15, 0.2) is 78.2 Å². The maximum atomic E-state index is 13.4. The second-order valence-electron chi connectivity index (χ2n) is 8.00. The smallest absolute Gasteiger partial charge is 0.258 e. The van der Waals surface area contributed by atoms with Crippen LogP contribution in [-0.4, -0.2) is 30.1 Å². The molecule has 0 spiro atoms. The van der Waals surface area contributed by atoms with Crippen LogP contribution in [-0.2, 0) is 0 Å². The standard InChI is InChI=1S/C28H23N3O3S/c1-17-8-10-18(11-9-17)24-16-35-28(30-24)31-27(32)21-15-23(29-22-7-5-4-6-20(21)22)19-12-13-25(33-2)26(14-19)34-3/h4-16H,1-3H3,(H,30,31,32). The largest absolute Gasteiger partial charge is 0.493 e. The number of hydrogen-bond donors (Lipinski definition) is 1. The molecule has 35 heavy (non-hydrogen) atoms. The molecule has 2 aromatic heterocycles. The van der Waals surface area contributed by atoms with E-state index >= 15 is 0 Å². The number of amides is 1. The lowest BCUT2D eigenvalue weighted by Gasteiger charge is -2.12. The predicted molar refractivity (Wildman–Crippen MR) is 141 cm³/mol. The van der Waals surface area contributed by atoms with Crippen molar-refractivity contribution in [2.75, 3.05) is 19.5 Å². The Labute approximate surface area is 207 Å². The minimum absolute atomic E-state index is 0.241. The van der Waals surface area contributed by atoms with Gasteiger partial charge in [0, 0.05) is 21.9 Å². The molecule has 0 fully saturated rings. The van der Waals surface area contributed by atoms with E-state index in [1.165, 1.54) is 16.9 Å². The van der Waals surface area contributed by atoms with Gasteiger partial charge in [-0.2, -0.15) is 0 Å². The van der Waals surface area contributed by atoms with Crippen LogP contribution in [0.2, 0.25) is 0 Å². The Bertz CT molecular complexity index is 1530. The summed E-state index contributed by atoms with van der Waals surface area (Å²) in [6.45, 7) is 2.05. The van der Waals surface area contributed by atoms with Gasteiger partial charge in [-0.15, -0.1) is 11.3 Å². The van der Waals surface area contributed by atoms with Gasteiger partial charge in [0.25, 0.3) is 5.91 Å². The van der Waals surface area contributed by atoms with E-state index in [9.17, 15) is 4.79 Å². The van der Waals surface area contributed by atoms with Crippen molar-refractivity contribution in [1.29, 1.82) is 0 Å². The van der Waals surface area contributed by atoms with Crippen LogP contribution >= 0.6 is 11.3 Å². The number of nitrogens with one attached hydrogen (secondary N) is 1. The van der Waals surface area contributed by atoms with Crippen molar-refractivity contribution < 1.29 is 14.3 Å². The van der Waals surface area contributed by atoms with Crippen LogP contribution in [0.25, 0.3) is 33.4 Å². The topological polar surface area (TPSA) is 73.3 Å². The molecule has 0 aliphatic rings. The highest BCUT2D eigenvalue weighted by molar-refractivity contribution is 7.14. The molecule has 174 valence electrons. The van der Waals surface area contributed by atoms with Gasteiger partial charge in [0.1, 0.15) is 0 Å². The van der Waals surface area contributed by atoms with Gasteiger partial charge in [-0.1, -0.05) is 48.0 Å². The molecule has 5 rings (SSSR count). The maximum absolute atomic E-state index is 13.4. The number of aryl methyl sites for hydroxylation is 1. The molecule has 0 saturated carbocycles. The molecule has 3 aromatic carbocycles. The molecule has 0 atom stereocenters. The first-order chi connectivity index (χ1) is 17.1. The van der Waals surface area contributed by atoms with E-state index in [1.807, 2.05) is 79.0 Å². The zero-order chi connectivity index (χ0) is 24.4. The van der Waals surface area contributed by atoms with E-state index in [0.29, 0.717) is 27.9 Å². The van der Waals surface area contributed by atoms with Crippen molar-refractivity contribution in [3.63, 3.8) is 0 Å². The van der Waals surface area contributed by atoms with Gasteiger partial charge in [0.2, 0.25) is 0 Å². The molecule has 6 nitrogen and oxygen atoms in total. The Balaban J connectivity index is 1.50. The summed E-state index contributed by atoms with van der Waals surface area (Å²) in [5.74, 6) is 0.982. The number of carbonyl (C=O) groups is 1. The van der Waals surface area contributed by atoms with Gasteiger partial charge in [-0.05, 0) is 37.3 Å². The quantitative estimate of drug-likeness (QED) is 0.296. The first kappa shape index (κ1) is 22.6. The number of fused-ring (bicyclic) bond motifs is 1. The second kappa shape index (κ2) is 9.56. The number of benzene rings is 3. The van der Waals surface area contributed by atoms with Crippen molar-refractivity contribution in [1.82, 2.24) is 9.97 Å². The average molecular weight is 482 g/mol. The summed E-state index contributed by atoms with van der Waals surface area (Å²) in [5.41, 5.74) is 5.75. The number of aromatic nitrogens is 2. The minimum atomic E-state index is -0.241. The number of anilines is 1. The third kappa shape index (κ3) is 4.58. The fraction of sp³-hybridized carbons (Fsp3) is 0.107. The van der Waals surface area contributed by atoms with Crippen molar-refractivity contribution >= 4 is 33.3 Å². The Kier molecular flexibility index (Phi) is 6.16. The van der Waals surface area contributed by atoms with Crippen molar-refractivity contribution in [2.45, 2.75) is 6.92 Å². The van der Waals surface area contributed by atoms with Gasteiger partial charge in [-0.25, -0.2) is 9.97 Å². The monoisotopic (exact) mass is 481 g/mol. The van der Waals surface area contributed by atoms with E-state index in [4.69, 9.17) is 14.5 Å². The fourth-order valence-electron chi connectivity index (χ4n) is 3.86. The first-order valence-electron chi connectivity index (χ1n) is 11.0. The number of thiazole rings is 1. The third-order valence-corrected chi connectivity index (χ3v) is 6.47. The Morgan fingerprint density at radius 2 is 1.57 bits per heavy atom. The molecule has 0 saturated heterocycles. The maximum Gasteiger partial charge on any atom is 0.258 e. The second-order valence-corrected chi connectivity index (χ2v) is 8.86. The molecule has 0 radical (unpaired) electrons. The third-order valence-electron chi connectivity index (χ3n) is 5.71. The molecular formula is C28H23N3O3S. The predicted octanol–water partition coefficient (Wildman–Crippen LogP) is 6.60. The zero-order valence-electron chi connectivity index (χ0n) is 19.5. The van der Waals surface area contributed by atoms with Crippen LogP contribution in [0.5, 0.6) is 11.5 Å². The molecule has 0 aliphatic heterocycles. The number of pyridine rings is 1. The molecule has 1 amide bonds. The highest BCUT2D eigenvalue weighted by atomic mass is 32.1. The molecule has 5 aromatic rings. The van der Waals surface area contributed by atoms with Crippen LogP contribution in [0.3, 0.4) is 0 Å². The van der Waals surface area contributed by atoms with Gasteiger partial charge < -0.3 is 9.47 Å². The average Bonchev–Trinajstić information content (AvgIpc) is 3.36. The summed E-state index contributed by atoms with van der Waals surface area (Å²) in [5, 5.41) is 6.22. The lowest BCUT2D eigenvalue weighted by atomic mass is 10.0. The highest BCUT2D eigenvalue weighted by Crippen LogP contribution is 2.33. The van der Waals surface area contributed by atoms with E-state index in [1.54, 1.807) is 20.3 Å². The van der Waals surface area contributed by atoms with Crippen LogP contribution in [0.4, 0.5) is 5.13 Å². The van der Waals surface area contributed by atoms with Crippen LogP contribution in [0, 0.1) is 6.92 Å². The molecule has 2 heterocycles. The normalized spacial score (nSPS) is 10.8. The number of carbonyl (C=O) groups excluding carboxylic acids is 1. The lowest BCUT2D eigenvalue weighted by Crippen LogP contribution is -2.13. The SMILES string of the molecule is COc1ccc(-c2cc(C(=O)Nc3nc(-c4ccc(C)cc4)cs3)c3ccccc3n2)cc1OC. The number of hydrogen-bond acceptors (Lipinski definition) is 6. The van der Waals surface area contributed by atoms with Gasteiger partial charge in [-0.3, -0.25) is 10.1 Å². The fourth-order valence-corrected chi connectivity index (χ4v) is 4.57. The first-order valence-corrected chi connectivity index (χ1v) is 11.9. The summed E-state index contributed by atoms with van der Waals surface area (Å²) in [4.78, 5) is 22.8. The Morgan fingerprint density at radius 3 is 2.34 bits per heavy atom. The highest BCUT2D eigenvalue weighted by Gasteiger charge is 2.17. The minimum Gasteiger partial charge on any atom is -0.493 e. The summed E-state index contributed by atoms with van der Waals surface area (Å²) in [7, 11) is 3.18. The van der Waals surface area contributed by atoms with Crippen LogP contribution < -0.4 is 14.8 Å². The summed E-state index contributed by atoms with van der Waals surface area (Å²) in [6.07, 6.45) is 0. The molecule has 0 unspecified atom stereocenters. The number of ether oxygens (including phenoxy) is 2. The van der Waals surface area contributed by atoms with Crippen LogP contribution in [0.1, 0.15) is 15.9 Å². The number of para-hydroxylation sites is 1. The molecule has 0 bridgehead atoms. The Hall–Kier alpha value is -4.23. The molecular weight excluding hydrogens is 458 g/mol. The van der Waals surface area contributed by atoms with Gasteiger partial charge in [0.05, 0.1) is 36.7 Å². The number of methoxy groups -OCH3 is 2. The molecule has 7 heteroatoms. The van der Waals surface area contributed by atoms with E-state index in [-0.39, 0.29) is 5.91 Å². The van der Waals surface area contributed by atoms with E-state index in [2.05, 4.69) is 10.3 Å². The zero-order valence-corrected chi connectivity index (χ0v) is 20.3. The number of nitrogens with zero attached hydrogens (tertiary/aromatic N) is 2. The Morgan fingerprint density at radius 1 is 0.829 bits per heavy atom.